The van der Waals surface area contributed by atoms with E-state index in [9.17, 15) is 31.1 Å². The molecule has 2 aromatic rings. The fourth-order valence-electron chi connectivity index (χ4n) is 1.84. The molecule has 0 aliphatic heterocycles. The van der Waals surface area contributed by atoms with Crippen LogP contribution < -0.4 is 5.73 Å². The summed E-state index contributed by atoms with van der Waals surface area (Å²) in [5, 5.41) is -0.479. The van der Waals surface area contributed by atoms with E-state index >= 15 is 0 Å². The highest BCUT2D eigenvalue weighted by Gasteiger charge is 2.39. The van der Waals surface area contributed by atoms with Gasteiger partial charge in [-0.1, -0.05) is 0 Å². The third kappa shape index (κ3) is 2.70. The lowest BCUT2D eigenvalue weighted by Crippen LogP contribution is -2.10. The molecule has 0 radical (unpaired) electrons. The summed E-state index contributed by atoms with van der Waals surface area (Å²) < 4.78 is 81.0. The smallest absolute Gasteiger partial charge is 0.417 e. The van der Waals surface area contributed by atoms with Crippen LogP contribution in [0.1, 0.15) is 20.8 Å². The summed E-state index contributed by atoms with van der Waals surface area (Å²) in [5.74, 6) is -1.01. The number of rotatable bonds is 1. The maximum absolute atomic E-state index is 13.0. The Balaban J connectivity index is 2.88. The van der Waals surface area contributed by atoms with Crippen LogP contribution in [0.5, 0.6) is 0 Å². The molecule has 1 aromatic carbocycles. The number of halogens is 6. The van der Waals surface area contributed by atoms with E-state index in [0.717, 1.165) is 7.11 Å². The average Bonchev–Trinajstić information content (AvgIpc) is 2.72. The van der Waals surface area contributed by atoms with Crippen LogP contribution in [0, 0.1) is 0 Å². The number of methoxy groups -OCH3 is 1. The summed E-state index contributed by atoms with van der Waals surface area (Å²) in [5.41, 5.74) is 2.06. The molecule has 2 rings (SSSR count). The van der Waals surface area contributed by atoms with Crippen LogP contribution in [-0.4, -0.2) is 13.1 Å². The first-order valence-electron chi connectivity index (χ1n) is 5.55. The number of nitrogens with two attached hydrogens (primary N) is 1. The molecular weight excluding hydrogens is 336 g/mol. The van der Waals surface area contributed by atoms with Crippen LogP contribution in [0.4, 0.5) is 32.0 Å². The Bertz CT molecular complexity index is 747. The first-order chi connectivity index (χ1) is 9.96. The number of nitrogen functional groups attached to an aromatic ring is 1. The van der Waals surface area contributed by atoms with Gasteiger partial charge in [0.15, 0.2) is 0 Å². The van der Waals surface area contributed by atoms with Gasteiger partial charge in [0.1, 0.15) is 4.88 Å². The van der Waals surface area contributed by atoms with E-state index in [1.54, 1.807) is 0 Å². The van der Waals surface area contributed by atoms with Crippen molar-refractivity contribution in [1.29, 1.82) is 0 Å². The molecule has 10 heteroatoms. The van der Waals surface area contributed by atoms with E-state index in [-0.39, 0.29) is 10.9 Å². The van der Waals surface area contributed by atoms with Crippen LogP contribution >= 0.6 is 11.3 Å². The molecule has 22 heavy (non-hydrogen) atoms. The van der Waals surface area contributed by atoms with Crippen molar-refractivity contribution < 1.29 is 35.9 Å². The Hall–Kier alpha value is -1.97. The predicted octanol–water partition coefficient (Wildman–Crippen LogP) is 4.31. The standard InChI is InChI=1S/C12H7F6NO2S/c1-21-10(20)9-7(19)5-2-4(11(13,14)15)3-6(8(5)22-9)12(16,17)18/h2-3H,19H2,1H3. The summed E-state index contributed by atoms with van der Waals surface area (Å²) in [7, 11) is 0.984. The summed E-state index contributed by atoms with van der Waals surface area (Å²) in [6.07, 6.45) is -10.0. The van der Waals surface area contributed by atoms with Crippen molar-refractivity contribution in [2.45, 2.75) is 12.4 Å². The molecule has 0 amide bonds. The molecule has 0 saturated carbocycles. The van der Waals surface area contributed by atoms with E-state index in [2.05, 4.69) is 4.74 Å². The number of esters is 1. The molecule has 0 atom stereocenters. The Kier molecular flexibility index (Phi) is 3.76. The highest BCUT2D eigenvalue weighted by atomic mass is 32.1. The van der Waals surface area contributed by atoms with Crippen molar-refractivity contribution in [3.05, 3.63) is 28.1 Å². The minimum absolute atomic E-state index is 0.000662. The number of hydrogen-bond donors (Lipinski definition) is 1. The Morgan fingerprint density at radius 2 is 1.73 bits per heavy atom. The zero-order valence-corrected chi connectivity index (χ0v) is 11.5. The van der Waals surface area contributed by atoms with Crippen molar-refractivity contribution in [1.82, 2.24) is 0 Å². The summed E-state index contributed by atoms with van der Waals surface area (Å²) in [6, 6.07) is 0.488. The topological polar surface area (TPSA) is 52.3 Å². The maximum Gasteiger partial charge on any atom is 0.417 e. The van der Waals surface area contributed by atoms with Gasteiger partial charge in [0.05, 0.1) is 23.9 Å². The molecule has 120 valence electrons. The van der Waals surface area contributed by atoms with Crippen molar-refractivity contribution in [2.75, 3.05) is 12.8 Å². The molecule has 1 aromatic heterocycles. The lowest BCUT2D eigenvalue weighted by Gasteiger charge is -2.12. The zero-order valence-electron chi connectivity index (χ0n) is 10.7. The number of carbonyl (C=O) groups is 1. The van der Waals surface area contributed by atoms with Gasteiger partial charge in [-0.3, -0.25) is 0 Å². The number of alkyl halides is 6. The SMILES string of the molecule is COC(=O)c1sc2c(C(F)(F)F)cc(C(F)(F)F)cc2c1N. The molecule has 0 aliphatic rings. The predicted molar refractivity (Wildman–Crippen MR) is 67.6 cm³/mol. The largest absolute Gasteiger partial charge is 0.465 e. The fraction of sp³-hybridized carbons (Fsp3) is 0.250. The van der Waals surface area contributed by atoms with Gasteiger partial charge in [-0.25, -0.2) is 4.79 Å². The number of thiophene rings is 1. The summed E-state index contributed by atoms with van der Waals surface area (Å²) in [6.45, 7) is 0. The van der Waals surface area contributed by atoms with Gasteiger partial charge in [-0.2, -0.15) is 26.3 Å². The summed E-state index contributed by atoms with van der Waals surface area (Å²) in [4.78, 5) is 11.1. The number of fused-ring (bicyclic) bond motifs is 1. The fourth-order valence-corrected chi connectivity index (χ4v) is 2.99. The van der Waals surface area contributed by atoms with E-state index < -0.39 is 45.2 Å². The number of ether oxygens (including phenoxy) is 1. The van der Waals surface area contributed by atoms with Gasteiger partial charge in [-0.15, -0.1) is 11.3 Å². The molecule has 0 spiro atoms. The number of carbonyl (C=O) groups excluding carboxylic acids is 1. The molecule has 0 saturated heterocycles. The van der Waals surface area contributed by atoms with Crippen LogP contribution in [0.2, 0.25) is 0 Å². The van der Waals surface area contributed by atoms with Gasteiger partial charge >= 0.3 is 18.3 Å². The Morgan fingerprint density at radius 3 is 2.18 bits per heavy atom. The molecule has 0 bridgehead atoms. The lowest BCUT2D eigenvalue weighted by molar-refractivity contribution is -0.142. The van der Waals surface area contributed by atoms with E-state index in [1.165, 1.54) is 0 Å². The molecule has 2 N–H and O–H groups in total. The highest BCUT2D eigenvalue weighted by Crippen LogP contribution is 2.45. The minimum Gasteiger partial charge on any atom is -0.465 e. The van der Waals surface area contributed by atoms with Gasteiger partial charge in [0.25, 0.3) is 0 Å². The van der Waals surface area contributed by atoms with Crippen LogP contribution in [0.3, 0.4) is 0 Å². The maximum atomic E-state index is 13.0. The number of anilines is 1. The first-order valence-corrected chi connectivity index (χ1v) is 6.37. The molecule has 0 fully saturated rings. The normalized spacial score (nSPS) is 12.7. The Morgan fingerprint density at radius 1 is 1.14 bits per heavy atom. The third-order valence-electron chi connectivity index (χ3n) is 2.83. The van der Waals surface area contributed by atoms with Crippen molar-refractivity contribution in [3.63, 3.8) is 0 Å². The molecule has 1 heterocycles. The minimum atomic E-state index is -5.02. The quantitative estimate of drug-likeness (QED) is 0.620. The van der Waals surface area contributed by atoms with E-state index in [1.807, 2.05) is 0 Å². The van der Waals surface area contributed by atoms with Crippen molar-refractivity contribution in [2.24, 2.45) is 0 Å². The number of hydrogen-bond acceptors (Lipinski definition) is 4. The first kappa shape index (κ1) is 16.4. The monoisotopic (exact) mass is 343 g/mol. The van der Waals surface area contributed by atoms with Crippen LogP contribution in [0.15, 0.2) is 12.1 Å². The second kappa shape index (κ2) is 5.04. The van der Waals surface area contributed by atoms with Gasteiger partial charge in [0, 0.05) is 10.1 Å². The number of benzene rings is 1. The van der Waals surface area contributed by atoms with Gasteiger partial charge in [0.2, 0.25) is 0 Å². The molecular formula is C12H7F6NO2S. The molecule has 0 aliphatic carbocycles. The third-order valence-corrected chi connectivity index (χ3v) is 4.07. The Labute approximate surface area is 123 Å². The zero-order chi connectivity index (χ0) is 16.9. The van der Waals surface area contributed by atoms with Gasteiger partial charge in [-0.05, 0) is 12.1 Å². The summed E-state index contributed by atoms with van der Waals surface area (Å²) >= 11 is 0.343. The van der Waals surface area contributed by atoms with Crippen molar-refractivity contribution in [3.8, 4) is 0 Å². The second-order valence-corrected chi connectivity index (χ2v) is 5.25. The second-order valence-electron chi connectivity index (χ2n) is 4.23. The van der Waals surface area contributed by atoms with E-state index in [0.29, 0.717) is 17.4 Å². The molecule has 0 unspecified atom stereocenters. The highest BCUT2D eigenvalue weighted by molar-refractivity contribution is 7.21. The van der Waals surface area contributed by atoms with Gasteiger partial charge < -0.3 is 10.5 Å². The molecule has 3 nitrogen and oxygen atoms in total. The van der Waals surface area contributed by atoms with Crippen molar-refractivity contribution >= 4 is 33.1 Å². The van der Waals surface area contributed by atoms with E-state index in [4.69, 9.17) is 5.73 Å². The van der Waals surface area contributed by atoms with Crippen LogP contribution in [-0.2, 0) is 17.1 Å². The average molecular weight is 343 g/mol. The lowest BCUT2D eigenvalue weighted by atomic mass is 10.1. The van der Waals surface area contributed by atoms with Crippen LogP contribution in [0.25, 0.3) is 10.1 Å².